The lowest BCUT2D eigenvalue weighted by Gasteiger charge is -2.22. The van der Waals surface area contributed by atoms with Crippen molar-refractivity contribution in [2.24, 2.45) is 17.8 Å². The molecule has 3 heteroatoms. The quantitative estimate of drug-likeness (QED) is 0.864. The highest BCUT2D eigenvalue weighted by atomic mass is 19.1. The summed E-state index contributed by atoms with van der Waals surface area (Å²) in [5.74, 6) is 2.72. The second-order valence-electron chi connectivity index (χ2n) is 5.89. The van der Waals surface area contributed by atoms with Crippen LogP contribution >= 0.6 is 0 Å². The highest BCUT2D eigenvalue weighted by Crippen LogP contribution is 2.48. The fourth-order valence-corrected chi connectivity index (χ4v) is 3.76. The van der Waals surface area contributed by atoms with Gasteiger partial charge in [0.05, 0.1) is 6.61 Å². The summed E-state index contributed by atoms with van der Waals surface area (Å²) >= 11 is 0. The molecule has 0 amide bonds. The number of hydrogen-bond acceptors (Lipinski definition) is 2. The Morgan fingerprint density at radius 2 is 2.21 bits per heavy atom. The van der Waals surface area contributed by atoms with Crippen LogP contribution in [0.25, 0.3) is 0 Å². The third kappa shape index (κ3) is 2.70. The summed E-state index contributed by atoms with van der Waals surface area (Å²) in [6.45, 7) is 3.34. The molecule has 2 fully saturated rings. The Hall–Kier alpha value is -1.25. The second kappa shape index (κ2) is 5.40. The van der Waals surface area contributed by atoms with Crippen molar-refractivity contribution >= 4 is 5.69 Å². The lowest BCUT2D eigenvalue weighted by molar-refractivity contribution is 0.321. The van der Waals surface area contributed by atoms with Gasteiger partial charge in [0.2, 0.25) is 0 Å². The Bertz CT molecular complexity index is 448. The highest BCUT2D eigenvalue weighted by Gasteiger charge is 2.38. The molecule has 0 heterocycles. The Balaban J connectivity index is 1.56. The van der Waals surface area contributed by atoms with Crippen molar-refractivity contribution in [3.63, 3.8) is 0 Å². The van der Waals surface area contributed by atoms with Gasteiger partial charge in [-0.3, -0.25) is 0 Å². The summed E-state index contributed by atoms with van der Waals surface area (Å²) in [7, 11) is 0. The summed E-state index contributed by atoms with van der Waals surface area (Å²) in [6, 6.07) is 5.15. The molecule has 1 N–H and O–H groups in total. The van der Waals surface area contributed by atoms with Gasteiger partial charge in [-0.1, -0.05) is 6.42 Å². The number of benzene rings is 1. The average Bonchev–Trinajstić information content (AvgIpc) is 3.01. The number of ether oxygens (including phenoxy) is 1. The van der Waals surface area contributed by atoms with Gasteiger partial charge in [-0.2, -0.15) is 0 Å². The van der Waals surface area contributed by atoms with Crippen LogP contribution in [0.15, 0.2) is 18.2 Å². The fraction of sp³-hybridized carbons (Fsp3) is 0.625. The van der Waals surface area contributed by atoms with Crippen LogP contribution in [-0.4, -0.2) is 13.2 Å². The molecule has 2 bridgehead atoms. The van der Waals surface area contributed by atoms with Crippen LogP contribution in [0.2, 0.25) is 0 Å². The van der Waals surface area contributed by atoms with Crippen LogP contribution in [0.3, 0.4) is 0 Å². The number of halogens is 1. The molecule has 3 unspecified atom stereocenters. The van der Waals surface area contributed by atoms with Crippen LogP contribution in [0.5, 0.6) is 5.75 Å². The van der Waals surface area contributed by atoms with Crippen molar-refractivity contribution in [1.82, 2.24) is 0 Å². The molecule has 2 aliphatic rings. The molecular formula is C16H22FNO. The largest absolute Gasteiger partial charge is 0.491 e. The van der Waals surface area contributed by atoms with Gasteiger partial charge in [0.1, 0.15) is 0 Å². The van der Waals surface area contributed by atoms with Crippen molar-refractivity contribution in [3.8, 4) is 5.75 Å². The van der Waals surface area contributed by atoms with E-state index in [2.05, 4.69) is 5.32 Å². The molecule has 0 aliphatic heterocycles. The third-order valence-electron chi connectivity index (χ3n) is 4.68. The van der Waals surface area contributed by atoms with E-state index < -0.39 is 0 Å². The lowest BCUT2D eigenvalue weighted by atomic mass is 9.89. The van der Waals surface area contributed by atoms with Gasteiger partial charge in [0, 0.05) is 18.3 Å². The van der Waals surface area contributed by atoms with Gasteiger partial charge in [-0.25, -0.2) is 4.39 Å². The first-order chi connectivity index (χ1) is 9.26. The Morgan fingerprint density at radius 3 is 2.84 bits per heavy atom. The number of anilines is 1. The van der Waals surface area contributed by atoms with Crippen LogP contribution in [0.1, 0.15) is 32.6 Å². The molecule has 19 heavy (non-hydrogen) atoms. The van der Waals surface area contributed by atoms with Crippen molar-refractivity contribution in [1.29, 1.82) is 0 Å². The van der Waals surface area contributed by atoms with Crippen molar-refractivity contribution in [3.05, 3.63) is 24.0 Å². The van der Waals surface area contributed by atoms with E-state index in [1.165, 1.54) is 31.7 Å². The predicted octanol–water partition coefficient (Wildman–Crippen LogP) is 4.07. The molecule has 1 aromatic rings. The first-order valence-electron chi connectivity index (χ1n) is 7.42. The third-order valence-corrected chi connectivity index (χ3v) is 4.68. The van der Waals surface area contributed by atoms with E-state index in [0.717, 1.165) is 30.0 Å². The molecule has 0 saturated heterocycles. The minimum absolute atomic E-state index is 0.278. The number of nitrogens with one attached hydrogen (secondary N) is 1. The van der Waals surface area contributed by atoms with Gasteiger partial charge in [-0.05, 0) is 56.1 Å². The maximum atomic E-state index is 13.7. The van der Waals surface area contributed by atoms with E-state index in [1.807, 2.05) is 13.0 Å². The van der Waals surface area contributed by atoms with Gasteiger partial charge in [0.25, 0.3) is 0 Å². The fourth-order valence-electron chi connectivity index (χ4n) is 3.76. The predicted molar refractivity (Wildman–Crippen MR) is 75.0 cm³/mol. The van der Waals surface area contributed by atoms with Crippen LogP contribution in [-0.2, 0) is 0 Å². The van der Waals surface area contributed by atoms with E-state index in [-0.39, 0.29) is 5.82 Å². The summed E-state index contributed by atoms with van der Waals surface area (Å²) in [4.78, 5) is 0. The molecule has 1 aromatic carbocycles. The Morgan fingerprint density at radius 1 is 1.32 bits per heavy atom. The molecule has 0 spiro atoms. The average molecular weight is 263 g/mol. The summed E-state index contributed by atoms with van der Waals surface area (Å²) in [5, 5.41) is 3.39. The molecular weight excluding hydrogens is 241 g/mol. The van der Waals surface area contributed by atoms with Gasteiger partial charge in [-0.15, -0.1) is 0 Å². The van der Waals surface area contributed by atoms with Crippen LogP contribution in [0.4, 0.5) is 10.1 Å². The zero-order valence-corrected chi connectivity index (χ0v) is 11.5. The monoisotopic (exact) mass is 263 g/mol. The number of hydrogen-bond donors (Lipinski definition) is 1. The maximum Gasteiger partial charge on any atom is 0.167 e. The molecule has 0 radical (unpaired) electrons. The molecule has 2 aliphatic carbocycles. The lowest BCUT2D eigenvalue weighted by Crippen LogP contribution is -2.20. The normalized spacial score (nSPS) is 28.6. The van der Waals surface area contributed by atoms with E-state index in [0.29, 0.717) is 12.4 Å². The maximum absolute atomic E-state index is 13.7. The number of rotatable bonds is 5. The Kier molecular flexibility index (Phi) is 3.63. The molecule has 3 atom stereocenters. The van der Waals surface area contributed by atoms with Crippen molar-refractivity contribution in [2.45, 2.75) is 32.6 Å². The summed E-state index contributed by atoms with van der Waals surface area (Å²) in [6.07, 6.45) is 5.61. The molecule has 2 saturated carbocycles. The first kappa shape index (κ1) is 12.8. The summed E-state index contributed by atoms with van der Waals surface area (Å²) < 4.78 is 18.9. The van der Waals surface area contributed by atoms with E-state index in [4.69, 9.17) is 4.74 Å². The van der Waals surface area contributed by atoms with Gasteiger partial charge >= 0.3 is 0 Å². The van der Waals surface area contributed by atoms with Crippen LogP contribution < -0.4 is 10.1 Å². The standard InChI is InChI=1S/C16H22FNO/c1-2-19-16-6-5-14(9-15(16)17)18-10-13-8-11-3-4-12(13)7-11/h5-6,9,11-13,18H,2-4,7-8,10H2,1H3. The Labute approximate surface area is 114 Å². The van der Waals surface area contributed by atoms with Crippen molar-refractivity contribution in [2.75, 3.05) is 18.5 Å². The minimum Gasteiger partial charge on any atom is -0.491 e. The zero-order valence-electron chi connectivity index (χ0n) is 11.5. The van der Waals surface area contributed by atoms with E-state index >= 15 is 0 Å². The van der Waals surface area contributed by atoms with Crippen molar-refractivity contribution < 1.29 is 9.13 Å². The van der Waals surface area contributed by atoms with Crippen LogP contribution in [0, 0.1) is 23.6 Å². The second-order valence-corrected chi connectivity index (χ2v) is 5.89. The smallest absolute Gasteiger partial charge is 0.167 e. The SMILES string of the molecule is CCOc1ccc(NCC2CC3CCC2C3)cc1F. The van der Waals surface area contributed by atoms with E-state index in [9.17, 15) is 4.39 Å². The molecule has 104 valence electrons. The summed E-state index contributed by atoms with van der Waals surface area (Å²) in [5.41, 5.74) is 0.865. The highest BCUT2D eigenvalue weighted by molar-refractivity contribution is 5.47. The number of fused-ring (bicyclic) bond motifs is 2. The zero-order chi connectivity index (χ0) is 13.2. The molecule has 2 nitrogen and oxygen atoms in total. The topological polar surface area (TPSA) is 21.3 Å². The first-order valence-corrected chi connectivity index (χ1v) is 7.42. The van der Waals surface area contributed by atoms with E-state index in [1.54, 1.807) is 6.07 Å². The van der Waals surface area contributed by atoms with Gasteiger partial charge < -0.3 is 10.1 Å². The van der Waals surface area contributed by atoms with Gasteiger partial charge in [0.15, 0.2) is 11.6 Å². The molecule has 0 aromatic heterocycles. The minimum atomic E-state index is -0.278. The molecule has 3 rings (SSSR count).